The van der Waals surface area contributed by atoms with Crippen LogP contribution in [0.25, 0.3) is 0 Å². The Balaban J connectivity index is 2.38. The summed E-state index contributed by atoms with van der Waals surface area (Å²) in [5.74, 6) is 0. The topological polar surface area (TPSA) is 46.9 Å². The molecule has 0 spiro atoms. The van der Waals surface area contributed by atoms with E-state index in [1.165, 1.54) is 5.06 Å². The van der Waals surface area contributed by atoms with E-state index in [-0.39, 0.29) is 12.6 Å². The van der Waals surface area contributed by atoms with E-state index in [1.54, 1.807) is 0 Å². The van der Waals surface area contributed by atoms with Gasteiger partial charge >= 0.3 is 0 Å². The van der Waals surface area contributed by atoms with E-state index < -0.39 is 0 Å². The predicted octanol–water partition coefficient (Wildman–Crippen LogP) is -1.02. The van der Waals surface area contributed by atoms with Crippen molar-refractivity contribution in [1.29, 1.82) is 0 Å². The van der Waals surface area contributed by atoms with Gasteiger partial charge in [0.05, 0.1) is 12.6 Å². The molecule has 1 rings (SSSR count). The van der Waals surface area contributed by atoms with E-state index in [0.717, 1.165) is 13.1 Å². The molecule has 0 aromatic carbocycles. The number of rotatable bonds is 1. The van der Waals surface area contributed by atoms with Crippen molar-refractivity contribution in [3.63, 3.8) is 0 Å². The van der Waals surface area contributed by atoms with Crippen LogP contribution >= 0.6 is 0 Å². The first kappa shape index (κ1) is 7.94. The van der Waals surface area contributed by atoms with Crippen LogP contribution < -0.4 is 0 Å². The molecule has 1 saturated heterocycles. The van der Waals surface area contributed by atoms with Crippen LogP contribution in [0.4, 0.5) is 0 Å². The molecule has 1 aliphatic heterocycles. The summed E-state index contributed by atoms with van der Waals surface area (Å²) in [5.41, 5.74) is 0. The standard InChI is InChI=1S/C6H14N2O2/c1-7-2-3-8(10)6(4-7)5-9/h6,9-10H,2-5H2,1H3. The van der Waals surface area contributed by atoms with Crippen LogP contribution in [0.3, 0.4) is 0 Å². The first-order valence-corrected chi connectivity index (χ1v) is 3.49. The van der Waals surface area contributed by atoms with E-state index in [2.05, 4.69) is 4.90 Å². The third kappa shape index (κ3) is 1.67. The molecule has 2 N–H and O–H groups in total. The van der Waals surface area contributed by atoms with E-state index in [4.69, 9.17) is 10.3 Å². The Kier molecular flexibility index (Phi) is 2.62. The lowest BCUT2D eigenvalue weighted by atomic mass is 10.2. The zero-order valence-corrected chi connectivity index (χ0v) is 6.19. The summed E-state index contributed by atoms with van der Waals surface area (Å²) in [6.45, 7) is 2.27. The number of aliphatic hydroxyl groups excluding tert-OH is 1. The maximum Gasteiger partial charge on any atom is 0.0708 e. The van der Waals surface area contributed by atoms with Crippen LogP contribution in [0.5, 0.6) is 0 Å². The Hall–Kier alpha value is -0.160. The molecule has 0 saturated carbocycles. The number of likely N-dealkylation sites (N-methyl/N-ethyl adjacent to an activating group) is 1. The average molecular weight is 146 g/mol. The summed E-state index contributed by atoms with van der Waals surface area (Å²) in [7, 11) is 1.98. The van der Waals surface area contributed by atoms with Crippen LogP contribution in [0.2, 0.25) is 0 Å². The lowest BCUT2D eigenvalue weighted by Crippen LogP contribution is -2.51. The second-order valence-corrected chi connectivity index (χ2v) is 2.76. The predicted molar refractivity (Wildman–Crippen MR) is 36.9 cm³/mol. The molecule has 0 bridgehead atoms. The average Bonchev–Trinajstić information content (AvgIpc) is 1.94. The molecule has 60 valence electrons. The van der Waals surface area contributed by atoms with Gasteiger partial charge in [0.1, 0.15) is 0 Å². The number of nitrogens with zero attached hydrogens (tertiary/aromatic N) is 2. The number of hydrogen-bond acceptors (Lipinski definition) is 4. The Labute approximate surface area is 60.6 Å². The quantitative estimate of drug-likeness (QED) is 0.497. The van der Waals surface area contributed by atoms with Gasteiger partial charge in [-0.05, 0) is 7.05 Å². The zero-order chi connectivity index (χ0) is 7.56. The summed E-state index contributed by atoms with van der Waals surface area (Å²) < 4.78 is 0. The summed E-state index contributed by atoms with van der Waals surface area (Å²) in [6.07, 6.45) is 0. The Morgan fingerprint density at radius 2 is 2.20 bits per heavy atom. The van der Waals surface area contributed by atoms with Crippen molar-refractivity contribution < 1.29 is 10.3 Å². The fourth-order valence-corrected chi connectivity index (χ4v) is 1.15. The number of aliphatic hydroxyl groups is 1. The van der Waals surface area contributed by atoms with Gasteiger partial charge in [0.15, 0.2) is 0 Å². The van der Waals surface area contributed by atoms with Gasteiger partial charge in [-0.3, -0.25) is 0 Å². The Morgan fingerprint density at radius 3 is 2.70 bits per heavy atom. The lowest BCUT2D eigenvalue weighted by Gasteiger charge is -2.34. The van der Waals surface area contributed by atoms with Gasteiger partial charge in [0.2, 0.25) is 0 Å². The van der Waals surface area contributed by atoms with E-state index in [9.17, 15) is 0 Å². The van der Waals surface area contributed by atoms with Crippen molar-refractivity contribution in [1.82, 2.24) is 9.96 Å². The molecule has 1 fully saturated rings. The van der Waals surface area contributed by atoms with Gasteiger partial charge in [-0.1, -0.05) is 0 Å². The van der Waals surface area contributed by atoms with Gasteiger partial charge in [0.25, 0.3) is 0 Å². The maximum absolute atomic E-state index is 9.13. The van der Waals surface area contributed by atoms with Gasteiger partial charge in [-0.25, -0.2) is 0 Å². The second kappa shape index (κ2) is 3.30. The van der Waals surface area contributed by atoms with E-state index >= 15 is 0 Å². The fourth-order valence-electron chi connectivity index (χ4n) is 1.15. The van der Waals surface area contributed by atoms with Crippen molar-refractivity contribution in [2.45, 2.75) is 6.04 Å². The van der Waals surface area contributed by atoms with Crippen LogP contribution in [0.15, 0.2) is 0 Å². The van der Waals surface area contributed by atoms with Crippen molar-refractivity contribution >= 4 is 0 Å². The smallest absolute Gasteiger partial charge is 0.0708 e. The van der Waals surface area contributed by atoms with Crippen LogP contribution in [0.1, 0.15) is 0 Å². The highest BCUT2D eigenvalue weighted by Crippen LogP contribution is 2.03. The summed E-state index contributed by atoms with van der Waals surface area (Å²) in [6, 6.07) is -0.0984. The van der Waals surface area contributed by atoms with Gasteiger partial charge < -0.3 is 15.2 Å². The van der Waals surface area contributed by atoms with Gasteiger partial charge in [-0.2, -0.15) is 5.06 Å². The molecule has 0 radical (unpaired) electrons. The summed E-state index contributed by atoms with van der Waals surface area (Å²) in [5, 5.41) is 19.1. The SMILES string of the molecule is CN1CCN(O)C(CO)C1. The molecule has 1 aliphatic rings. The first-order valence-electron chi connectivity index (χ1n) is 3.49. The molecule has 4 nitrogen and oxygen atoms in total. The summed E-state index contributed by atoms with van der Waals surface area (Å²) in [4.78, 5) is 2.09. The minimum Gasteiger partial charge on any atom is -0.395 e. The van der Waals surface area contributed by atoms with Crippen molar-refractivity contribution in [2.75, 3.05) is 33.3 Å². The third-order valence-corrected chi connectivity index (χ3v) is 1.87. The highest BCUT2D eigenvalue weighted by Gasteiger charge is 2.22. The molecule has 0 aromatic rings. The van der Waals surface area contributed by atoms with E-state index in [0.29, 0.717) is 6.54 Å². The van der Waals surface area contributed by atoms with Gasteiger partial charge in [0, 0.05) is 19.6 Å². The Morgan fingerprint density at radius 1 is 1.50 bits per heavy atom. The second-order valence-electron chi connectivity index (χ2n) is 2.76. The van der Waals surface area contributed by atoms with Crippen LogP contribution in [-0.4, -0.2) is 59.6 Å². The molecular formula is C6H14N2O2. The number of hydroxylamine groups is 2. The normalized spacial score (nSPS) is 30.9. The maximum atomic E-state index is 9.13. The monoisotopic (exact) mass is 146 g/mol. The molecular weight excluding hydrogens is 132 g/mol. The third-order valence-electron chi connectivity index (χ3n) is 1.87. The largest absolute Gasteiger partial charge is 0.395 e. The fraction of sp³-hybridized carbons (Fsp3) is 1.00. The number of hydrogen-bond donors (Lipinski definition) is 2. The van der Waals surface area contributed by atoms with Crippen molar-refractivity contribution in [3.8, 4) is 0 Å². The van der Waals surface area contributed by atoms with Crippen molar-refractivity contribution in [3.05, 3.63) is 0 Å². The van der Waals surface area contributed by atoms with Crippen molar-refractivity contribution in [2.24, 2.45) is 0 Å². The summed E-state index contributed by atoms with van der Waals surface area (Å²) >= 11 is 0. The first-order chi connectivity index (χ1) is 4.74. The molecule has 10 heavy (non-hydrogen) atoms. The minimum absolute atomic E-state index is 0.0286. The van der Waals surface area contributed by atoms with E-state index in [1.807, 2.05) is 7.05 Å². The molecule has 0 aromatic heterocycles. The van der Waals surface area contributed by atoms with Gasteiger partial charge in [-0.15, -0.1) is 0 Å². The highest BCUT2D eigenvalue weighted by molar-refractivity contribution is 4.74. The molecule has 0 aliphatic carbocycles. The zero-order valence-electron chi connectivity index (χ0n) is 6.19. The number of piperazine rings is 1. The molecule has 1 heterocycles. The molecule has 1 unspecified atom stereocenters. The lowest BCUT2D eigenvalue weighted by molar-refractivity contribution is -0.162. The van der Waals surface area contributed by atoms with Crippen LogP contribution in [-0.2, 0) is 0 Å². The minimum atomic E-state index is -0.0984. The molecule has 4 heteroatoms. The Bertz CT molecular complexity index is 110. The molecule has 0 amide bonds. The highest BCUT2D eigenvalue weighted by atomic mass is 16.5. The van der Waals surface area contributed by atoms with Crippen LogP contribution in [0, 0.1) is 0 Å². The molecule has 1 atom stereocenters.